The van der Waals surface area contributed by atoms with Crippen LogP contribution in [0.4, 0.5) is 8.78 Å². The summed E-state index contributed by atoms with van der Waals surface area (Å²) in [6.45, 7) is 2.64. The summed E-state index contributed by atoms with van der Waals surface area (Å²) >= 11 is 0. The lowest BCUT2D eigenvalue weighted by Crippen LogP contribution is -2.43. The summed E-state index contributed by atoms with van der Waals surface area (Å²) in [5, 5.41) is 3.24. The zero-order valence-electron chi connectivity index (χ0n) is 8.63. The van der Waals surface area contributed by atoms with Crippen molar-refractivity contribution in [2.75, 3.05) is 26.7 Å². The Balaban J connectivity index is 2.24. The van der Waals surface area contributed by atoms with E-state index >= 15 is 0 Å². The van der Waals surface area contributed by atoms with E-state index in [0.29, 0.717) is 0 Å². The molecule has 15 heavy (non-hydrogen) atoms. The Bertz CT molecular complexity index is 354. The predicted octanol–water partition coefficient (Wildman–Crippen LogP) is 1.54. The molecule has 1 aromatic rings. The molecule has 1 unspecified atom stereocenters. The van der Waals surface area contributed by atoms with Crippen LogP contribution in [0.15, 0.2) is 18.2 Å². The lowest BCUT2D eigenvalue weighted by Gasteiger charge is -2.33. The summed E-state index contributed by atoms with van der Waals surface area (Å²) in [6, 6.07) is 4.25. The molecule has 0 spiro atoms. The minimum absolute atomic E-state index is 0.133. The average Bonchev–Trinajstić information content (AvgIpc) is 2.23. The Morgan fingerprint density at radius 3 is 2.80 bits per heavy atom. The van der Waals surface area contributed by atoms with E-state index in [1.807, 2.05) is 7.05 Å². The number of nitrogens with one attached hydrogen (secondary N) is 1. The fourth-order valence-electron chi connectivity index (χ4n) is 1.90. The van der Waals surface area contributed by atoms with Crippen LogP contribution in [0.2, 0.25) is 0 Å². The van der Waals surface area contributed by atoms with Crippen LogP contribution in [0, 0.1) is 11.6 Å². The molecular weight excluding hydrogens is 198 g/mol. The fraction of sp³-hybridized carbons (Fsp3) is 0.455. The molecule has 0 radical (unpaired) electrons. The molecule has 1 atom stereocenters. The van der Waals surface area contributed by atoms with E-state index in [2.05, 4.69) is 10.2 Å². The molecule has 82 valence electrons. The van der Waals surface area contributed by atoms with Gasteiger partial charge in [-0.1, -0.05) is 6.07 Å². The smallest absolute Gasteiger partial charge is 0.159 e. The monoisotopic (exact) mass is 212 g/mol. The SMILES string of the molecule is CN1CCNCC1c1ccc(F)c(F)c1. The molecule has 2 nitrogen and oxygen atoms in total. The van der Waals surface area contributed by atoms with E-state index in [1.165, 1.54) is 12.1 Å². The molecule has 1 aromatic carbocycles. The van der Waals surface area contributed by atoms with Crippen molar-refractivity contribution in [1.29, 1.82) is 0 Å². The van der Waals surface area contributed by atoms with Crippen molar-refractivity contribution >= 4 is 0 Å². The number of likely N-dealkylation sites (N-methyl/N-ethyl adjacent to an activating group) is 1. The second kappa shape index (κ2) is 4.24. The quantitative estimate of drug-likeness (QED) is 0.759. The highest BCUT2D eigenvalue weighted by Crippen LogP contribution is 2.22. The second-order valence-corrected chi connectivity index (χ2v) is 3.87. The van der Waals surface area contributed by atoms with Gasteiger partial charge in [-0.05, 0) is 24.7 Å². The highest BCUT2D eigenvalue weighted by atomic mass is 19.2. The molecule has 2 rings (SSSR count). The minimum atomic E-state index is -0.787. The average molecular weight is 212 g/mol. The molecule has 4 heteroatoms. The van der Waals surface area contributed by atoms with E-state index < -0.39 is 11.6 Å². The van der Waals surface area contributed by atoms with Gasteiger partial charge in [-0.3, -0.25) is 4.90 Å². The Morgan fingerprint density at radius 1 is 1.33 bits per heavy atom. The van der Waals surface area contributed by atoms with Gasteiger partial charge in [-0.2, -0.15) is 0 Å². The van der Waals surface area contributed by atoms with Crippen molar-refractivity contribution in [3.8, 4) is 0 Å². The lowest BCUT2D eigenvalue weighted by atomic mass is 10.0. The third-order valence-corrected chi connectivity index (χ3v) is 2.84. The Labute approximate surface area is 87.9 Å². The van der Waals surface area contributed by atoms with Gasteiger partial charge in [-0.15, -0.1) is 0 Å². The summed E-state index contributed by atoms with van der Waals surface area (Å²) in [5.41, 5.74) is 0.823. The van der Waals surface area contributed by atoms with Crippen LogP contribution in [-0.4, -0.2) is 31.6 Å². The molecule has 0 aliphatic carbocycles. The van der Waals surface area contributed by atoms with Crippen molar-refractivity contribution in [3.63, 3.8) is 0 Å². The van der Waals surface area contributed by atoms with Crippen LogP contribution in [0.3, 0.4) is 0 Å². The zero-order valence-corrected chi connectivity index (χ0v) is 8.63. The maximum Gasteiger partial charge on any atom is 0.159 e. The fourth-order valence-corrected chi connectivity index (χ4v) is 1.90. The van der Waals surface area contributed by atoms with Gasteiger partial charge in [0.05, 0.1) is 0 Å². The highest BCUT2D eigenvalue weighted by molar-refractivity contribution is 5.22. The zero-order chi connectivity index (χ0) is 10.8. The normalized spacial score (nSPS) is 23.0. The molecule has 1 saturated heterocycles. The van der Waals surface area contributed by atoms with Crippen LogP contribution < -0.4 is 5.32 Å². The number of hydrogen-bond donors (Lipinski definition) is 1. The Hall–Kier alpha value is -1.00. The van der Waals surface area contributed by atoms with E-state index in [4.69, 9.17) is 0 Å². The summed E-state index contributed by atoms with van der Waals surface area (Å²) in [7, 11) is 1.99. The molecule has 1 heterocycles. The van der Waals surface area contributed by atoms with Gasteiger partial charge in [-0.25, -0.2) is 8.78 Å². The van der Waals surface area contributed by atoms with Crippen molar-refractivity contribution in [2.45, 2.75) is 6.04 Å². The largest absolute Gasteiger partial charge is 0.314 e. The van der Waals surface area contributed by atoms with Crippen molar-refractivity contribution in [3.05, 3.63) is 35.4 Å². The van der Waals surface area contributed by atoms with Gasteiger partial charge in [0.1, 0.15) is 0 Å². The molecule has 0 aromatic heterocycles. The standard InChI is InChI=1S/C11H14F2N2/c1-15-5-4-14-7-11(15)8-2-3-9(12)10(13)6-8/h2-3,6,11,14H,4-5,7H2,1H3. The summed E-state index contributed by atoms with van der Waals surface area (Å²) in [4.78, 5) is 2.14. The molecule has 1 aliphatic heterocycles. The molecule has 0 bridgehead atoms. The number of benzene rings is 1. The van der Waals surface area contributed by atoms with Crippen LogP contribution in [0.5, 0.6) is 0 Å². The van der Waals surface area contributed by atoms with Crippen LogP contribution >= 0.6 is 0 Å². The second-order valence-electron chi connectivity index (χ2n) is 3.87. The lowest BCUT2D eigenvalue weighted by molar-refractivity contribution is 0.202. The number of piperazine rings is 1. The highest BCUT2D eigenvalue weighted by Gasteiger charge is 2.21. The van der Waals surface area contributed by atoms with Gasteiger partial charge in [0.2, 0.25) is 0 Å². The minimum Gasteiger partial charge on any atom is -0.314 e. The predicted molar refractivity (Wildman–Crippen MR) is 54.6 cm³/mol. The maximum absolute atomic E-state index is 13.0. The van der Waals surface area contributed by atoms with Gasteiger partial charge in [0.15, 0.2) is 11.6 Å². The molecule has 1 N–H and O–H groups in total. The van der Waals surface area contributed by atoms with Gasteiger partial charge in [0.25, 0.3) is 0 Å². The first-order valence-corrected chi connectivity index (χ1v) is 5.04. The number of hydrogen-bond acceptors (Lipinski definition) is 2. The molecular formula is C11H14F2N2. The maximum atomic E-state index is 13.0. The topological polar surface area (TPSA) is 15.3 Å². The van der Waals surface area contributed by atoms with Gasteiger partial charge in [0, 0.05) is 25.7 Å². The van der Waals surface area contributed by atoms with E-state index in [1.54, 1.807) is 6.07 Å². The summed E-state index contributed by atoms with van der Waals surface area (Å²) < 4.78 is 25.8. The first kappa shape index (κ1) is 10.5. The van der Waals surface area contributed by atoms with Crippen LogP contribution in [0.1, 0.15) is 11.6 Å². The Kier molecular flexibility index (Phi) is 2.98. The molecule has 1 aliphatic rings. The van der Waals surface area contributed by atoms with Crippen LogP contribution in [-0.2, 0) is 0 Å². The van der Waals surface area contributed by atoms with Crippen LogP contribution in [0.25, 0.3) is 0 Å². The van der Waals surface area contributed by atoms with Crippen molar-refractivity contribution < 1.29 is 8.78 Å². The Morgan fingerprint density at radius 2 is 2.13 bits per heavy atom. The van der Waals surface area contributed by atoms with Gasteiger partial charge >= 0.3 is 0 Å². The molecule has 0 amide bonds. The first-order chi connectivity index (χ1) is 7.18. The number of nitrogens with zero attached hydrogens (tertiary/aromatic N) is 1. The number of halogens is 2. The first-order valence-electron chi connectivity index (χ1n) is 5.04. The third-order valence-electron chi connectivity index (χ3n) is 2.84. The third kappa shape index (κ3) is 2.16. The van der Waals surface area contributed by atoms with Crippen molar-refractivity contribution in [1.82, 2.24) is 10.2 Å². The summed E-state index contributed by atoms with van der Waals surface area (Å²) in [5.74, 6) is -1.56. The van der Waals surface area contributed by atoms with E-state index in [0.717, 1.165) is 25.2 Å². The summed E-state index contributed by atoms with van der Waals surface area (Å²) in [6.07, 6.45) is 0. The van der Waals surface area contributed by atoms with Crippen molar-refractivity contribution in [2.24, 2.45) is 0 Å². The van der Waals surface area contributed by atoms with E-state index in [9.17, 15) is 8.78 Å². The van der Waals surface area contributed by atoms with E-state index in [-0.39, 0.29) is 6.04 Å². The number of rotatable bonds is 1. The molecule has 1 fully saturated rings. The molecule has 0 saturated carbocycles. The van der Waals surface area contributed by atoms with Gasteiger partial charge < -0.3 is 5.32 Å².